The van der Waals surface area contributed by atoms with E-state index in [-0.39, 0.29) is 13.0 Å². The molecule has 0 saturated heterocycles. The van der Waals surface area contributed by atoms with Gasteiger partial charge in [0.25, 0.3) is 0 Å². The van der Waals surface area contributed by atoms with Crippen molar-refractivity contribution >= 4 is 29.1 Å². The highest BCUT2D eigenvalue weighted by molar-refractivity contribution is 6.39. The number of benzene rings is 1. The minimum absolute atomic E-state index is 0.160. The summed E-state index contributed by atoms with van der Waals surface area (Å²) in [5.41, 5.74) is 1.94. The van der Waals surface area contributed by atoms with Crippen molar-refractivity contribution in [2.45, 2.75) is 19.4 Å². The largest absolute Gasteiger partial charge is 0.472 e. The van der Waals surface area contributed by atoms with Crippen molar-refractivity contribution in [3.05, 3.63) is 52.9 Å². The maximum Gasteiger partial charge on any atom is 0.313 e. The predicted octanol–water partition coefficient (Wildman–Crippen LogP) is 2.42. The van der Waals surface area contributed by atoms with Gasteiger partial charge in [-0.25, -0.2) is 0 Å². The number of aliphatic hydroxyl groups excluding tert-OH is 1. The number of hydrogen-bond acceptors (Lipinski definition) is 4. The molecule has 0 spiro atoms. The van der Waals surface area contributed by atoms with Gasteiger partial charge in [0.15, 0.2) is 0 Å². The molecule has 0 aliphatic heterocycles. The molecule has 0 saturated carbocycles. The summed E-state index contributed by atoms with van der Waals surface area (Å²) in [4.78, 5) is 23.5. The predicted molar refractivity (Wildman–Crippen MR) is 86.1 cm³/mol. The molecule has 3 N–H and O–H groups in total. The van der Waals surface area contributed by atoms with E-state index in [1.807, 2.05) is 6.92 Å². The van der Waals surface area contributed by atoms with Gasteiger partial charge in [0.2, 0.25) is 0 Å². The summed E-state index contributed by atoms with van der Waals surface area (Å²) in [6.45, 7) is 2.00. The molecule has 1 atom stereocenters. The Hall–Kier alpha value is -2.31. The molecular formula is C16H17ClN2O4. The Morgan fingerprint density at radius 2 is 2.09 bits per heavy atom. The summed E-state index contributed by atoms with van der Waals surface area (Å²) in [6.07, 6.45) is 2.40. The van der Waals surface area contributed by atoms with Gasteiger partial charge in [-0.15, -0.1) is 0 Å². The van der Waals surface area contributed by atoms with Crippen molar-refractivity contribution in [3.8, 4) is 0 Å². The molecule has 0 bridgehead atoms. The number of anilines is 1. The molecule has 0 radical (unpaired) electrons. The topological polar surface area (TPSA) is 91.6 Å². The van der Waals surface area contributed by atoms with Gasteiger partial charge in [-0.1, -0.05) is 17.7 Å². The Bertz CT molecular complexity index is 685. The van der Waals surface area contributed by atoms with Crippen LogP contribution >= 0.6 is 11.6 Å². The first kappa shape index (κ1) is 17.1. The number of hydrogen-bond donors (Lipinski definition) is 3. The smallest absolute Gasteiger partial charge is 0.313 e. The molecule has 6 nitrogen and oxygen atoms in total. The summed E-state index contributed by atoms with van der Waals surface area (Å²) < 4.78 is 4.86. The molecule has 1 aromatic heterocycles. The maximum atomic E-state index is 11.8. The lowest BCUT2D eigenvalue weighted by molar-refractivity contribution is -0.136. The van der Waals surface area contributed by atoms with Crippen LogP contribution in [0, 0.1) is 6.92 Å². The Morgan fingerprint density at radius 3 is 2.74 bits per heavy atom. The quantitative estimate of drug-likeness (QED) is 0.731. The summed E-state index contributed by atoms with van der Waals surface area (Å²) in [6, 6.07) is 6.62. The lowest BCUT2D eigenvalue weighted by Crippen LogP contribution is -2.36. The first-order valence-electron chi connectivity index (χ1n) is 7.03. The number of nitrogens with one attached hydrogen (secondary N) is 2. The van der Waals surface area contributed by atoms with E-state index in [0.29, 0.717) is 16.3 Å². The number of rotatable bonds is 5. The highest BCUT2D eigenvalue weighted by Crippen LogP contribution is 2.20. The third-order valence-corrected chi connectivity index (χ3v) is 3.67. The summed E-state index contributed by atoms with van der Waals surface area (Å²) in [7, 11) is 0. The van der Waals surface area contributed by atoms with E-state index in [4.69, 9.17) is 16.0 Å². The lowest BCUT2D eigenvalue weighted by atomic mass is 10.1. The SMILES string of the molecule is Cc1ccc(NC(=O)C(=O)NCCC(O)c2ccoc2)cc1Cl. The second kappa shape index (κ2) is 7.80. The molecule has 1 heterocycles. The van der Waals surface area contributed by atoms with Crippen LogP contribution in [0.2, 0.25) is 5.02 Å². The Kier molecular flexibility index (Phi) is 5.78. The highest BCUT2D eigenvalue weighted by atomic mass is 35.5. The van der Waals surface area contributed by atoms with Gasteiger partial charge < -0.3 is 20.2 Å². The van der Waals surface area contributed by atoms with E-state index in [0.717, 1.165) is 5.56 Å². The number of carbonyl (C=O) groups is 2. The van der Waals surface area contributed by atoms with Gasteiger partial charge in [0.05, 0.1) is 18.6 Å². The Balaban J connectivity index is 1.78. The normalized spacial score (nSPS) is 11.8. The van der Waals surface area contributed by atoms with E-state index in [9.17, 15) is 14.7 Å². The average Bonchev–Trinajstić information content (AvgIpc) is 3.05. The van der Waals surface area contributed by atoms with Gasteiger partial charge in [-0.2, -0.15) is 0 Å². The van der Waals surface area contributed by atoms with Crippen molar-refractivity contribution in [1.82, 2.24) is 5.32 Å². The number of halogens is 1. The van der Waals surface area contributed by atoms with Crippen LogP contribution in [0.1, 0.15) is 23.7 Å². The molecule has 2 amide bonds. The first-order chi connectivity index (χ1) is 11.0. The number of carbonyl (C=O) groups excluding carboxylic acids is 2. The number of aliphatic hydroxyl groups is 1. The zero-order valence-electron chi connectivity index (χ0n) is 12.5. The molecule has 1 unspecified atom stereocenters. The van der Waals surface area contributed by atoms with Crippen molar-refractivity contribution < 1.29 is 19.1 Å². The molecule has 7 heteroatoms. The van der Waals surface area contributed by atoms with Gasteiger partial charge in [-0.05, 0) is 37.1 Å². The first-order valence-corrected chi connectivity index (χ1v) is 7.40. The second-order valence-corrected chi connectivity index (χ2v) is 5.44. The molecule has 23 heavy (non-hydrogen) atoms. The van der Waals surface area contributed by atoms with Crippen LogP contribution in [0.15, 0.2) is 41.2 Å². The van der Waals surface area contributed by atoms with Gasteiger partial charge >= 0.3 is 11.8 Å². The zero-order valence-corrected chi connectivity index (χ0v) is 13.3. The van der Waals surface area contributed by atoms with Crippen LogP contribution in [0.25, 0.3) is 0 Å². The van der Waals surface area contributed by atoms with Crippen LogP contribution in [0.3, 0.4) is 0 Å². The van der Waals surface area contributed by atoms with E-state index in [1.165, 1.54) is 12.5 Å². The van der Waals surface area contributed by atoms with Gasteiger partial charge in [0.1, 0.15) is 0 Å². The number of amides is 2. The van der Waals surface area contributed by atoms with Crippen LogP contribution in [-0.4, -0.2) is 23.5 Å². The monoisotopic (exact) mass is 336 g/mol. The van der Waals surface area contributed by atoms with Crippen molar-refractivity contribution in [2.75, 3.05) is 11.9 Å². The van der Waals surface area contributed by atoms with Crippen LogP contribution in [-0.2, 0) is 9.59 Å². The Labute approximate surface area is 138 Å². The molecule has 0 aliphatic rings. The van der Waals surface area contributed by atoms with Crippen molar-refractivity contribution in [2.24, 2.45) is 0 Å². The van der Waals surface area contributed by atoms with E-state index < -0.39 is 17.9 Å². The van der Waals surface area contributed by atoms with E-state index in [2.05, 4.69) is 10.6 Å². The van der Waals surface area contributed by atoms with Gasteiger partial charge in [-0.3, -0.25) is 9.59 Å². The minimum Gasteiger partial charge on any atom is -0.472 e. The lowest BCUT2D eigenvalue weighted by Gasteiger charge is -2.10. The summed E-state index contributed by atoms with van der Waals surface area (Å²) in [5.74, 6) is -1.57. The fourth-order valence-corrected chi connectivity index (χ4v) is 2.07. The highest BCUT2D eigenvalue weighted by Gasteiger charge is 2.15. The average molecular weight is 337 g/mol. The van der Waals surface area contributed by atoms with Gasteiger partial charge in [0, 0.05) is 22.8 Å². The Morgan fingerprint density at radius 1 is 1.30 bits per heavy atom. The molecular weight excluding hydrogens is 320 g/mol. The van der Waals surface area contributed by atoms with E-state index in [1.54, 1.807) is 24.3 Å². The van der Waals surface area contributed by atoms with E-state index >= 15 is 0 Å². The fourth-order valence-electron chi connectivity index (χ4n) is 1.89. The van der Waals surface area contributed by atoms with Crippen molar-refractivity contribution in [1.29, 1.82) is 0 Å². The maximum absolute atomic E-state index is 11.8. The fraction of sp³-hybridized carbons (Fsp3) is 0.250. The third kappa shape index (κ3) is 4.84. The minimum atomic E-state index is -0.789. The summed E-state index contributed by atoms with van der Waals surface area (Å²) >= 11 is 5.96. The molecule has 1 aromatic carbocycles. The van der Waals surface area contributed by atoms with Crippen molar-refractivity contribution in [3.63, 3.8) is 0 Å². The standard InChI is InChI=1S/C16H17ClN2O4/c1-10-2-3-12(8-13(10)17)19-16(22)15(21)18-6-4-14(20)11-5-7-23-9-11/h2-3,5,7-9,14,20H,4,6H2,1H3,(H,18,21)(H,19,22). The zero-order chi connectivity index (χ0) is 16.8. The molecule has 0 fully saturated rings. The third-order valence-electron chi connectivity index (χ3n) is 3.27. The molecule has 0 aliphatic carbocycles. The second-order valence-electron chi connectivity index (χ2n) is 5.04. The number of furan rings is 1. The summed E-state index contributed by atoms with van der Waals surface area (Å²) in [5, 5.41) is 15.2. The molecule has 2 rings (SSSR count). The molecule has 122 valence electrons. The van der Waals surface area contributed by atoms with Crippen LogP contribution in [0.5, 0.6) is 0 Å². The van der Waals surface area contributed by atoms with Crippen LogP contribution in [0.4, 0.5) is 5.69 Å². The molecule has 2 aromatic rings. The van der Waals surface area contributed by atoms with Crippen LogP contribution < -0.4 is 10.6 Å². The number of aryl methyl sites for hydroxylation is 1.